The second kappa shape index (κ2) is 7.64. The fourth-order valence-corrected chi connectivity index (χ4v) is 4.47. The Morgan fingerprint density at radius 1 is 1.24 bits per heavy atom. The molecule has 10 heteroatoms. The third-order valence-electron chi connectivity index (χ3n) is 5.54. The first-order valence-corrected chi connectivity index (χ1v) is 10.8. The van der Waals surface area contributed by atoms with Gasteiger partial charge in [0.25, 0.3) is 0 Å². The molecular weight excluding hydrogens is 405 g/mol. The summed E-state index contributed by atoms with van der Waals surface area (Å²) in [6.07, 6.45) is 0.0818. The Hall–Kier alpha value is -2.07. The minimum atomic E-state index is -4.16. The van der Waals surface area contributed by atoms with Crippen LogP contribution >= 0.6 is 0 Å². The molecule has 1 heterocycles. The van der Waals surface area contributed by atoms with Crippen molar-refractivity contribution in [3.63, 3.8) is 0 Å². The lowest BCUT2D eigenvalue weighted by Gasteiger charge is -2.39. The van der Waals surface area contributed by atoms with Crippen LogP contribution in [0.25, 0.3) is 11.3 Å². The van der Waals surface area contributed by atoms with Gasteiger partial charge in [-0.25, -0.2) is 18.1 Å². The molecule has 0 spiro atoms. The summed E-state index contributed by atoms with van der Waals surface area (Å²) in [7, 11) is -0.509. The first kappa shape index (κ1) is 21.6. The number of nitrogens with one attached hydrogen (secondary N) is 2. The summed E-state index contributed by atoms with van der Waals surface area (Å²) in [5.41, 5.74) is 1.29. The summed E-state index contributed by atoms with van der Waals surface area (Å²) in [4.78, 5) is 4.41. The maximum absolute atomic E-state index is 13.0. The van der Waals surface area contributed by atoms with Crippen molar-refractivity contribution in [3.8, 4) is 11.3 Å². The van der Waals surface area contributed by atoms with E-state index in [1.54, 1.807) is 30.2 Å². The molecule has 0 saturated heterocycles. The van der Waals surface area contributed by atoms with Gasteiger partial charge < -0.3 is 9.88 Å². The number of hydrogen-bond donors (Lipinski definition) is 2. The molecular formula is C19H25F3N4O2S. The molecule has 1 aromatic heterocycles. The first-order valence-electron chi connectivity index (χ1n) is 9.34. The topological polar surface area (TPSA) is 76.0 Å². The number of halogens is 3. The smallest absolute Gasteiger partial charge is 0.379 e. The molecule has 0 amide bonds. The number of aryl methyl sites for hydroxylation is 1. The zero-order valence-corrected chi connectivity index (χ0v) is 17.4. The lowest BCUT2D eigenvalue weighted by molar-refractivity contribution is -0.183. The third-order valence-corrected chi connectivity index (χ3v) is 6.95. The van der Waals surface area contributed by atoms with Crippen LogP contribution in [0.15, 0.2) is 35.6 Å². The van der Waals surface area contributed by atoms with Crippen LogP contribution in [-0.2, 0) is 17.1 Å². The summed E-state index contributed by atoms with van der Waals surface area (Å²) < 4.78 is 67.5. The van der Waals surface area contributed by atoms with Gasteiger partial charge in [0.05, 0.1) is 22.8 Å². The first-order chi connectivity index (χ1) is 13.4. The van der Waals surface area contributed by atoms with Gasteiger partial charge in [-0.15, -0.1) is 0 Å². The molecule has 1 aromatic carbocycles. The summed E-state index contributed by atoms with van der Waals surface area (Å²) in [6, 6.07) is 4.65. The van der Waals surface area contributed by atoms with Crippen LogP contribution in [-0.4, -0.2) is 36.7 Å². The van der Waals surface area contributed by atoms with Gasteiger partial charge in [0, 0.05) is 30.0 Å². The highest BCUT2D eigenvalue weighted by atomic mass is 32.2. The molecule has 0 aliphatic heterocycles. The highest BCUT2D eigenvalue weighted by molar-refractivity contribution is 7.89. The van der Waals surface area contributed by atoms with Crippen molar-refractivity contribution < 1.29 is 21.6 Å². The van der Waals surface area contributed by atoms with E-state index in [2.05, 4.69) is 15.0 Å². The van der Waals surface area contributed by atoms with Gasteiger partial charge in [-0.05, 0) is 57.9 Å². The van der Waals surface area contributed by atoms with Crippen molar-refractivity contribution >= 4 is 15.7 Å². The predicted molar refractivity (Wildman–Crippen MR) is 105 cm³/mol. The van der Waals surface area contributed by atoms with E-state index in [-0.39, 0.29) is 17.7 Å². The molecule has 160 valence electrons. The number of rotatable bonds is 5. The summed E-state index contributed by atoms with van der Waals surface area (Å²) in [5, 5.41) is 3.37. The van der Waals surface area contributed by atoms with Crippen molar-refractivity contribution in [2.75, 3.05) is 12.4 Å². The Balaban J connectivity index is 1.93. The van der Waals surface area contributed by atoms with Crippen molar-refractivity contribution in [1.29, 1.82) is 0 Å². The Morgan fingerprint density at radius 2 is 1.90 bits per heavy atom. The number of nitrogens with zero attached hydrogens (tertiary/aromatic N) is 2. The van der Waals surface area contributed by atoms with Crippen LogP contribution in [0, 0.1) is 5.92 Å². The number of imidazole rings is 1. The van der Waals surface area contributed by atoms with E-state index < -0.39 is 27.7 Å². The van der Waals surface area contributed by atoms with Crippen LogP contribution in [0.3, 0.4) is 0 Å². The highest BCUT2D eigenvalue weighted by Gasteiger charge is 2.44. The molecule has 6 nitrogen and oxygen atoms in total. The lowest BCUT2D eigenvalue weighted by atomic mass is 9.77. The zero-order valence-electron chi connectivity index (χ0n) is 16.5. The monoisotopic (exact) mass is 430 g/mol. The Morgan fingerprint density at radius 3 is 2.41 bits per heavy atom. The Labute approximate surface area is 168 Å². The van der Waals surface area contributed by atoms with E-state index in [1.165, 1.54) is 19.2 Å². The van der Waals surface area contributed by atoms with E-state index in [9.17, 15) is 21.6 Å². The number of sulfonamides is 1. The van der Waals surface area contributed by atoms with Crippen molar-refractivity contribution in [3.05, 3.63) is 30.7 Å². The second-order valence-corrected chi connectivity index (χ2v) is 9.73. The van der Waals surface area contributed by atoms with Gasteiger partial charge in [-0.1, -0.05) is 0 Å². The SMILES string of the molecule is CNS(=O)(=O)c1ccc(N[C@]2(C)CC[C@@H](C(F)(F)F)CC2)c(-c2cn(C)cn2)c1. The fraction of sp³-hybridized carbons (Fsp3) is 0.526. The lowest BCUT2D eigenvalue weighted by Crippen LogP contribution is -2.41. The molecule has 1 aliphatic carbocycles. The van der Waals surface area contributed by atoms with E-state index in [0.717, 1.165) is 0 Å². The average molecular weight is 430 g/mol. The summed E-state index contributed by atoms with van der Waals surface area (Å²) in [6.45, 7) is 1.90. The maximum Gasteiger partial charge on any atom is 0.391 e. The van der Waals surface area contributed by atoms with E-state index in [1.807, 2.05) is 6.92 Å². The molecule has 1 aliphatic rings. The summed E-state index contributed by atoms with van der Waals surface area (Å²) >= 11 is 0. The van der Waals surface area contributed by atoms with Gasteiger partial charge in [0.15, 0.2) is 0 Å². The molecule has 0 bridgehead atoms. The Bertz CT molecular complexity index is 978. The molecule has 29 heavy (non-hydrogen) atoms. The van der Waals surface area contributed by atoms with Crippen LogP contribution < -0.4 is 10.0 Å². The van der Waals surface area contributed by atoms with Crippen LogP contribution in [0.5, 0.6) is 0 Å². The molecule has 3 rings (SSSR count). The van der Waals surface area contributed by atoms with Crippen molar-refractivity contribution in [2.45, 2.75) is 49.2 Å². The van der Waals surface area contributed by atoms with E-state index in [4.69, 9.17) is 0 Å². The van der Waals surface area contributed by atoms with E-state index in [0.29, 0.717) is 29.8 Å². The number of anilines is 1. The maximum atomic E-state index is 13.0. The number of hydrogen-bond acceptors (Lipinski definition) is 4. The van der Waals surface area contributed by atoms with Crippen molar-refractivity contribution in [1.82, 2.24) is 14.3 Å². The minimum absolute atomic E-state index is 0.0676. The molecule has 1 fully saturated rings. The molecule has 1 saturated carbocycles. The number of alkyl halides is 3. The van der Waals surface area contributed by atoms with Gasteiger partial charge >= 0.3 is 6.18 Å². The zero-order chi connectivity index (χ0) is 21.4. The van der Waals surface area contributed by atoms with Gasteiger partial charge in [0.1, 0.15) is 0 Å². The van der Waals surface area contributed by atoms with Gasteiger partial charge in [-0.2, -0.15) is 13.2 Å². The van der Waals surface area contributed by atoms with Crippen LogP contribution in [0.4, 0.5) is 18.9 Å². The average Bonchev–Trinajstić information content (AvgIpc) is 3.07. The van der Waals surface area contributed by atoms with Crippen LogP contribution in [0.1, 0.15) is 32.6 Å². The normalized spacial score (nSPS) is 23.2. The largest absolute Gasteiger partial charge is 0.391 e. The highest BCUT2D eigenvalue weighted by Crippen LogP contribution is 2.43. The molecule has 0 unspecified atom stereocenters. The number of benzene rings is 1. The molecule has 2 aromatic rings. The van der Waals surface area contributed by atoms with Crippen LogP contribution in [0.2, 0.25) is 0 Å². The summed E-state index contributed by atoms with van der Waals surface area (Å²) in [5.74, 6) is -1.27. The standard InChI is InChI=1S/C19H25F3N4O2S/c1-18(8-6-13(7-9-18)19(20,21)22)25-16-5-4-14(29(27,28)23-2)10-15(16)17-11-26(3)12-24-17/h4-5,10-13,23,25H,6-9H2,1-3H3/t13-,18-. The Kier molecular flexibility index (Phi) is 5.70. The quantitative estimate of drug-likeness (QED) is 0.754. The van der Waals surface area contributed by atoms with Gasteiger partial charge in [0.2, 0.25) is 10.0 Å². The second-order valence-electron chi connectivity index (χ2n) is 7.84. The molecule has 2 N–H and O–H groups in total. The molecule has 0 radical (unpaired) electrons. The predicted octanol–water partition coefficient (Wildman–Crippen LogP) is 3.92. The fourth-order valence-electron chi connectivity index (χ4n) is 3.71. The van der Waals surface area contributed by atoms with Gasteiger partial charge in [-0.3, -0.25) is 0 Å². The third kappa shape index (κ3) is 4.75. The molecule has 0 atom stereocenters. The van der Waals surface area contributed by atoms with E-state index >= 15 is 0 Å². The van der Waals surface area contributed by atoms with Crippen molar-refractivity contribution in [2.24, 2.45) is 13.0 Å². The number of aromatic nitrogens is 2. The minimum Gasteiger partial charge on any atom is -0.379 e.